The summed E-state index contributed by atoms with van der Waals surface area (Å²) in [5.74, 6) is 1.36. The minimum atomic E-state index is -0.489. The molecule has 1 heterocycles. The van der Waals surface area contributed by atoms with E-state index in [0.29, 0.717) is 43.5 Å². The molecule has 1 aliphatic heterocycles. The van der Waals surface area contributed by atoms with Crippen LogP contribution in [0.3, 0.4) is 0 Å². The van der Waals surface area contributed by atoms with Crippen LogP contribution in [0.4, 0.5) is 0 Å². The lowest BCUT2D eigenvalue weighted by Gasteiger charge is -2.71. The fraction of sp³-hybridized carbons (Fsp3) is 0.773. The summed E-state index contributed by atoms with van der Waals surface area (Å²) in [7, 11) is 1.81. The molecule has 0 radical (unpaired) electrons. The van der Waals surface area contributed by atoms with Crippen molar-refractivity contribution in [3.63, 3.8) is 0 Å². The SMILES string of the molecule is CO[C@@H]1C[C@@]23COC[C@](C)([C@@H]2CC[C@H]2C3=CC[C@@]3(C)[C@H](C(=O)OCc4ccccc4)[C@@](C)([C@H](C)C(C)C)CC[C@]23C)[C@H]1OC(C)C(=O)C(C)C. The van der Waals surface area contributed by atoms with E-state index in [9.17, 15) is 9.59 Å². The van der Waals surface area contributed by atoms with Crippen LogP contribution in [0.2, 0.25) is 0 Å². The average molecular weight is 691 g/mol. The van der Waals surface area contributed by atoms with Gasteiger partial charge in [0.15, 0.2) is 5.78 Å². The molecule has 0 spiro atoms. The van der Waals surface area contributed by atoms with Gasteiger partial charge in [-0.25, -0.2) is 0 Å². The summed E-state index contributed by atoms with van der Waals surface area (Å²) in [4.78, 5) is 27.7. The number of allylic oxidation sites excluding steroid dienone is 1. The Balaban J connectivity index is 1.38. The Morgan fingerprint density at radius 2 is 1.62 bits per heavy atom. The van der Waals surface area contributed by atoms with Crippen LogP contribution in [0.25, 0.3) is 0 Å². The van der Waals surface area contributed by atoms with Crippen molar-refractivity contribution >= 4 is 11.8 Å². The molecule has 6 heteroatoms. The number of benzene rings is 1. The first-order valence-electron chi connectivity index (χ1n) is 19.7. The third kappa shape index (κ3) is 5.59. The smallest absolute Gasteiger partial charge is 0.310 e. The lowest BCUT2D eigenvalue weighted by atomic mass is 9.34. The molecule has 3 saturated carbocycles. The van der Waals surface area contributed by atoms with Gasteiger partial charge < -0.3 is 18.9 Å². The number of ketones is 1. The van der Waals surface area contributed by atoms with Crippen molar-refractivity contribution < 1.29 is 28.5 Å². The minimum Gasteiger partial charge on any atom is -0.461 e. The third-order valence-electron chi connectivity index (χ3n) is 15.9. The van der Waals surface area contributed by atoms with Gasteiger partial charge in [-0.1, -0.05) is 104 Å². The van der Waals surface area contributed by atoms with E-state index in [1.54, 1.807) is 5.57 Å². The first-order chi connectivity index (χ1) is 23.5. The predicted octanol–water partition coefficient (Wildman–Crippen LogP) is 9.25. The molecule has 278 valence electrons. The van der Waals surface area contributed by atoms with Gasteiger partial charge in [0.05, 0.1) is 31.3 Å². The van der Waals surface area contributed by atoms with Crippen molar-refractivity contribution in [3.05, 3.63) is 47.5 Å². The van der Waals surface area contributed by atoms with Gasteiger partial charge in [0, 0.05) is 23.9 Å². The zero-order valence-electron chi connectivity index (χ0n) is 33.0. The first kappa shape index (κ1) is 37.7. The number of rotatable bonds is 10. The number of hydrogen-bond donors (Lipinski definition) is 0. The summed E-state index contributed by atoms with van der Waals surface area (Å²) in [6.07, 6.45) is 7.68. The van der Waals surface area contributed by atoms with Crippen molar-refractivity contribution in [2.45, 2.75) is 133 Å². The molecule has 1 unspecified atom stereocenters. The number of carbonyl (C=O) groups excluding carboxylic acids is 2. The standard InChI is InChI=1S/C44H66O6/c1-27(2)29(5)40(7)21-22-42(9)32-17-18-35-41(8)25-48-26-44(35,23-34(47-11)38(41)50-30(6)36(45)28(3)4)33(32)19-20-43(42,10)37(40)39(46)49-24-31-15-13-12-14-16-31/h12-16,19,27-30,32,34-35,37-38H,17-18,20-26H2,1-11H3/t29-,30?,32+,34-,35+,37-,38+,40-,41-,42-,43+,44+/m1/s1. The van der Waals surface area contributed by atoms with Crippen LogP contribution in [0, 0.1) is 62.6 Å². The highest BCUT2D eigenvalue weighted by Gasteiger charge is 2.72. The Bertz CT molecular complexity index is 1450. The molecule has 12 atom stereocenters. The number of carbonyl (C=O) groups is 2. The van der Waals surface area contributed by atoms with Crippen LogP contribution in [0.15, 0.2) is 42.0 Å². The van der Waals surface area contributed by atoms with E-state index in [1.165, 1.54) is 0 Å². The number of methoxy groups -OCH3 is 1. The molecule has 5 aliphatic rings. The second-order valence-electron chi connectivity index (χ2n) is 18.8. The summed E-state index contributed by atoms with van der Waals surface area (Å²) in [5.41, 5.74) is 1.63. The van der Waals surface area contributed by atoms with E-state index < -0.39 is 6.10 Å². The highest BCUT2D eigenvalue weighted by molar-refractivity contribution is 5.84. The molecule has 1 saturated heterocycles. The fourth-order valence-corrected chi connectivity index (χ4v) is 12.6. The lowest BCUT2D eigenvalue weighted by Crippen LogP contribution is -2.70. The number of hydrogen-bond acceptors (Lipinski definition) is 6. The second-order valence-corrected chi connectivity index (χ2v) is 18.8. The monoisotopic (exact) mass is 690 g/mol. The summed E-state index contributed by atoms with van der Waals surface area (Å²) >= 11 is 0. The molecule has 0 amide bonds. The zero-order valence-corrected chi connectivity index (χ0v) is 33.0. The summed E-state index contributed by atoms with van der Waals surface area (Å²) in [6.45, 7) is 24.1. The number of fused-ring (bicyclic) bond motifs is 3. The summed E-state index contributed by atoms with van der Waals surface area (Å²) in [6, 6.07) is 10.1. The molecular weight excluding hydrogens is 624 g/mol. The van der Waals surface area contributed by atoms with E-state index in [1.807, 2.05) is 58.2 Å². The number of esters is 1. The van der Waals surface area contributed by atoms with Gasteiger partial charge >= 0.3 is 5.97 Å². The van der Waals surface area contributed by atoms with Crippen molar-refractivity contribution in [1.82, 2.24) is 0 Å². The van der Waals surface area contributed by atoms with Crippen LogP contribution in [0.1, 0.15) is 113 Å². The van der Waals surface area contributed by atoms with E-state index >= 15 is 0 Å². The van der Waals surface area contributed by atoms with Crippen molar-refractivity contribution in [2.75, 3.05) is 20.3 Å². The van der Waals surface area contributed by atoms with E-state index in [-0.39, 0.29) is 62.9 Å². The number of Topliss-reactive ketones (excluding diaryl/α,β-unsaturated/α-hetero) is 1. The Morgan fingerprint density at radius 1 is 0.920 bits per heavy atom. The van der Waals surface area contributed by atoms with Crippen molar-refractivity contribution in [2.24, 2.45) is 62.6 Å². The maximum absolute atomic E-state index is 14.7. The molecule has 1 aromatic carbocycles. The third-order valence-corrected chi connectivity index (χ3v) is 15.9. The summed E-state index contributed by atoms with van der Waals surface area (Å²) < 4.78 is 26.0. The quantitative estimate of drug-likeness (QED) is 0.180. The summed E-state index contributed by atoms with van der Waals surface area (Å²) in [5, 5.41) is 0. The highest BCUT2D eigenvalue weighted by Crippen LogP contribution is 2.75. The Hall–Kier alpha value is -2.02. The highest BCUT2D eigenvalue weighted by atomic mass is 16.6. The Kier molecular flexibility index (Phi) is 10.1. The second kappa shape index (κ2) is 13.4. The molecule has 0 N–H and O–H groups in total. The largest absolute Gasteiger partial charge is 0.461 e. The topological polar surface area (TPSA) is 71.1 Å². The molecule has 2 bridgehead atoms. The van der Waals surface area contributed by atoms with E-state index in [2.05, 4.69) is 54.5 Å². The zero-order chi connectivity index (χ0) is 36.4. The Morgan fingerprint density at radius 3 is 2.26 bits per heavy atom. The van der Waals surface area contributed by atoms with Gasteiger partial charge in [-0.3, -0.25) is 9.59 Å². The lowest BCUT2D eigenvalue weighted by molar-refractivity contribution is -0.272. The van der Waals surface area contributed by atoms with Crippen LogP contribution < -0.4 is 0 Å². The van der Waals surface area contributed by atoms with Gasteiger partial charge in [-0.15, -0.1) is 0 Å². The average Bonchev–Trinajstić information content (AvgIpc) is 3.08. The van der Waals surface area contributed by atoms with Gasteiger partial charge in [0.1, 0.15) is 12.7 Å². The molecular formula is C44H66O6. The van der Waals surface area contributed by atoms with Crippen LogP contribution in [-0.2, 0) is 35.1 Å². The molecule has 1 aromatic rings. The van der Waals surface area contributed by atoms with Gasteiger partial charge in [-0.05, 0) is 90.9 Å². The molecule has 6 nitrogen and oxygen atoms in total. The van der Waals surface area contributed by atoms with Crippen LogP contribution >= 0.6 is 0 Å². The van der Waals surface area contributed by atoms with E-state index in [4.69, 9.17) is 18.9 Å². The van der Waals surface area contributed by atoms with Crippen molar-refractivity contribution in [1.29, 1.82) is 0 Å². The van der Waals surface area contributed by atoms with Crippen molar-refractivity contribution in [3.8, 4) is 0 Å². The van der Waals surface area contributed by atoms with Crippen LogP contribution in [0.5, 0.6) is 0 Å². The first-order valence-corrected chi connectivity index (χ1v) is 19.7. The Labute approximate surface area is 302 Å². The van der Waals surface area contributed by atoms with Gasteiger partial charge in [-0.2, -0.15) is 0 Å². The fourth-order valence-electron chi connectivity index (χ4n) is 12.6. The van der Waals surface area contributed by atoms with Crippen LogP contribution in [-0.4, -0.2) is 50.4 Å². The van der Waals surface area contributed by atoms with Gasteiger partial charge in [0.25, 0.3) is 0 Å². The molecule has 4 fully saturated rings. The molecule has 0 aromatic heterocycles. The normalized spacial score (nSPS) is 42.1. The molecule has 4 aliphatic carbocycles. The predicted molar refractivity (Wildman–Crippen MR) is 197 cm³/mol. The molecule has 6 rings (SSSR count). The minimum absolute atomic E-state index is 0.0308. The maximum Gasteiger partial charge on any atom is 0.310 e. The maximum atomic E-state index is 14.7. The number of ether oxygens (including phenoxy) is 4. The molecule has 50 heavy (non-hydrogen) atoms. The van der Waals surface area contributed by atoms with Gasteiger partial charge in [0.2, 0.25) is 0 Å². The van der Waals surface area contributed by atoms with E-state index in [0.717, 1.165) is 44.1 Å².